The number of hydrogen-bond donors (Lipinski definition) is 2. The van der Waals surface area contributed by atoms with Crippen LogP contribution >= 0.6 is 0 Å². The lowest BCUT2D eigenvalue weighted by Crippen LogP contribution is -2.54. The third-order valence-electron chi connectivity index (χ3n) is 3.13. The molecular formula is C10H22N2O4S. The first-order chi connectivity index (χ1) is 7.93. The van der Waals surface area contributed by atoms with Crippen molar-refractivity contribution in [2.45, 2.75) is 32.2 Å². The lowest BCUT2D eigenvalue weighted by atomic mass is 9.97. The van der Waals surface area contributed by atoms with Crippen molar-refractivity contribution in [3.8, 4) is 0 Å². The molecule has 0 aromatic rings. The zero-order chi connectivity index (χ0) is 12.9. The van der Waals surface area contributed by atoms with Gasteiger partial charge in [-0.2, -0.15) is 17.4 Å². The normalized spacial score (nSPS) is 22.3. The molecule has 1 rings (SSSR count). The van der Waals surface area contributed by atoms with Crippen molar-refractivity contribution in [1.82, 2.24) is 9.03 Å². The van der Waals surface area contributed by atoms with Crippen LogP contribution in [0.25, 0.3) is 0 Å². The smallest absolute Gasteiger partial charge is 0.280 e. The molecule has 1 aliphatic heterocycles. The second-order valence-corrected chi connectivity index (χ2v) is 6.18. The van der Waals surface area contributed by atoms with Crippen LogP contribution in [0, 0.1) is 0 Å². The Bertz CT molecular complexity index is 327. The van der Waals surface area contributed by atoms with Gasteiger partial charge in [0.05, 0.1) is 13.2 Å². The van der Waals surface area contributed by atoms with Gasteiger partial charge in [-0.25, -0.2) is 0 Å². The van der Waals surface area contributed by atoms with Crippen molar-refractivity contribution in [3.63, 3.8) is 0 Å². The molecule has 7 heteroatoms. The topological polar surface area (TPSA) is 78.9 Å². The maximum atomic E-state index is 12.1. The third-order valence-corrected chi connectivity index (χ3v) is 4.92. The second kappa shape index (κ2) is 6.10. The highest BCUT2D eigenvalue weighted by Gasteiger charge is 2.32. The van der Waals surface area contributed by atoms with Crippen molar-refractivity contribution in [2.24, 2.45) is 0 Å². The Labute approximate surface area is 103 Å². The molecule has 6 nitrogen and oxygen atoms in total. The Morgan fingerprint density at radius 2 is 2.00 bits per heavy atom. The molecule has 0 spiro atoms. The van der Waals surface area contributed by atoms with Crippen LogP contribution in [0.1, 0.15) is 26.7 Å². The fourth-order valence-corrected chi connectivity index (χ4v) is 3.34. The highest BCUT2D eigenvalue weighted by atomic mass is 32.2. The predicted octanol–water partition coefficient (Wildman–Crippen LogP) is -0.296. The molecule has 1 unspecified atom stereocenters. The van der Waals surface area contributed by atoms with E-state index in [-0.39, 0.29) is 6.61 Å². The summed E-state index contributed by atoms with van der Waals surface area (Å²) in [5.41, 5.74) is -0.591. The van der Waals surface area contributed by atoms with Gasteiger partial charge in [0.15, 0.2) is 0 Å². The quantitative estimate of drug-likeness (QED) is 0.692. The largest absolute Gasteiger partial charge is 0.396 e. The van der Waals surface area contributed by atoms with Crippen LogP contribution < -0.4 is 4.72 Å². The highest BCUT2D eigenvalue weighted by Crippen LogP contribution is 2.17. The van der Waals surface area contributed by atoms with Crippen molar-refractivity contribution in [2.75, 3.05) is 32.9 Å². The number of aliphatic hydroxyl groups excluding tert-OH is 1. The molecule has 2 N–H and O–H groups in total. The van der Waals surface area contributed by atoms with Gasteiger partial charge < -0.3 is 9.84 Å². The van der Waals surface area contributed by atoms with E-state index in [0.29, 0.717) is 39.1 Å². The Morgan fingerprint density at radius 1 is 1.41 bits per heavy atom. The summed E-state index contributed by atoms with van der Waals surface area (Å²) in [6, 6.07) is 0. The Kier molecular flexibility index (Phi) is 5.33. The molecule has 1 aliphatic rings. The van der Waals surface area contributed by atoms with E-state index in [1.807, 2.05) is 6.92 Å². The highest BCUT2D eigenvalue weighted by molar-refractivity contribution is 7.87. The molecule has 0 amide bonds. The van der Waals surface area contributed by atoms with Crippen molar-refractivity contribution in [3.05, 3.63) is 0 Å². The summed E-state index contributed by atoms with van der Waals surface area (Å²) in [7, 11) is -3.48. The summed E-state index contributed by atoms with van der Waals surface area (Å²) >= 11 is 0. The van der Waals surface area contributed by atoms with Crippen LogP contribution in [-0.2, 0) is 14.9 Å². The minimum atomic E-state index is -3.48. The molecule has 0 aliphatic carbocycles. The molecule has 1 saturated heterocycles. The van der Waals surface area contributed by atoms with E-state index in [4.69, 9.17) is 9.84 Å². The zero-order valence-corrected chi connectivity index (χ0v) is 11.3. The minimum Gasteiger partial charge on any atom is -0.396 e. The summed E-state index contributed by atoms with van der Waals surface area (Å²) in [5, 5.41) is 8.97. The van der Waals surface area contributed by atoms with E-state index in [2.05, 4.69) is 4.72 Å². The van der Waals surface area contributed by atoms with Crippen LogP contribution in [0.5, 0.6) is 0 Å². The molecule has 0 bridgehead atoms. The molecule has 0 saturated carbocycles. The van der Waals surface area contributed by atoms with Gasteiger partial charge in [0, 0.05) is 25.2 Å². The molecule has 0 aromatic carbocycles. The fraction of sp³-hybridized carbons (Fsp3) is 1.00. The molecular weight excluding hydrogens is 244 g/mol. The van der Waals surface area contributed by atoms with Crippen LogP contribution in [0.4, 0.5) is 0 Å². The Morgan fingerprint density at radius 3 is 2.47 bits per heavy atom. The Balaban J connectivity index is 2.69. The molecule has 1 heterocycles. The van der Waals surface area contributed by atoms with E-state index in [9.17, 15) is 8.42 Å². The number of aliphatic hydroxyl groups is 1. The predicted molar refractivity (Wildman–Crippen MR) is 64.8 cm³/mol. The van der Waals surface area contributed by atoms with Crippen molar-refractivity contribution < 1.29 is 18.3 Å². The summed E-state index contributed by atoms with van der Waals surface area (Å²) in [6.07, 6.45) is 1.05. The number of morpholine rings is 1. The summed E-state index contributed by atoms with van der Waals surface area (Å²) in [6.45, 7) is 5.31. The zero-order valence-electron chi connectivity index (χ0n) is 10.5. The van der Waals surface area contributed by atoms with Crippen LogP contribution in [-0.4, -0.2) is 56.3 Å². The first-order valence-electron chi connectivity index (χ1n) is 5.91. The van der Waals surface area contributed by atoms with Crippen LogP contribution in [0.3, 0.4) is 0 Å². The summed E-state index contributed by atoms with van der Waals surface area (Å²) in [5.74, 6) is 0. The monoisotopic (exact) mass is 266 g/mol. The number of nitrogens with one attached hydrogen (secondary N) is 1. The average Bonchev–Trinajstić information content (AvgIpc) is 2.30. The van der Waals surface area contributed by atoms with Gasteiger partial charge in [-0.15, -0.1) is 0 Å². The van der Waals surface area contributed by atoms with Gasteiger partial charge in [0.25, 0.3) is 10.2 Å². The van der Waals surface area contributed by atoms with E-state index in [1.165, 1.54) is 4.31 Å². The van der Waals surface area contributed by atoms with Crippen molar-refractivity contribution in [1.29, 1.82) is 0 Å². The van der Waals surface area contributed by atoms with Crippen molar-refractivity contribution >= 4 is 10.2 Å². The number of hydrogen-bond acceptors (Lipinski definition) is 4. The summed E-state index contributed by atoms with van der Waals surface area (Å²) in [4.78, 5) is 0. The van der Waals surface area contributed by atoms with E-state index < -0.39 is 15.7 Å². The van der Waals surface area contributed by atoms with Gasteiger partial charge in [0.1, 0.15) is 0 Å². The van der Waals surface area contributed by atoms with Crippen LogP contribution in [0.2, 0.25) is 0 Å². The van der Waals surface area contributed by atoms with E-state index in [0.717, 1.165) is 0 Å². The Hall–Kier alpha value is -0.210. The third kappa shape index (κ3) is 4.18. The molecule has 1 fully saturated rings. The molecule has 0 aromatic heterocycles. The van der Waals surface area contributed by atoms with Gasteiger partial charge in [-0.1, -0.05) is 6.92 Å². The molecule has 102 valence electrons. The maximum Gasteiger partial charge on any atom is 0.280 e. The molecule has 17 heavy (non-hydrogen) atoms. The minimum absolute atomic E-state index is 0.0318. The molecule has 0 radical (unpaired) electrons. The lowest BCUT2D eigenvalue weighted by molar-refractivity contribution is 0.0717. The first kappa shape index (κ1) is 14.8. The van der Waals surface area contributed by atoms with Crippen LogP contribution in [0.15, 0.2) is 0 Å². The molecule has 1 atom stereocenters. The SMILES string of the molecule is CCC(C)(CCO)NS(=O)(=O)N1CCOCC1. The maximum absolute atomic E-state index is 12.1. The van der Waals surface area contributed by atoms with E-state index >= 15 is 0 Å². The van der Waals surface area contributed by atoms with Gasteiger partial charge >= 0.3 is 0 Å². The number of rotatable bonds is 6. The lowest BCUT2D eigenvalue weighted by Gasteiger charge is -2.33. The summed E-state index contributed by atoms with van der Waals surface area (Å²) < 4.78 is 33.4. The number of nitrogens with zero attached hydrogens (tertiary/aromatic N) is 1. The van der Waals surface area contributed by atoms with Gasteiger partial charge in [-0.3, -0.25) is 0 Å². The standard InChI is InChI=1S/C10H22N2O4S/c1-3-10(2,4-7-13)11-17(14,15)12-5-8-16-9-6-12/h11,13H,3-9H2,1-2H3. The second-order valence-electron chi connectivity index (χ2n) is 4.51. The fourth-order valence-electron chi connectivity index (χ4n) is 1.71. The first-order valence-corrected chi connectivity index (χ1v) is 7.35. The number of ether oxygens (including phenoxy) is 1. The van der Waals surface area contributed by atoms with Gasteiger partial charge in [0.2, 0.25) is 0 Å². The van der Waals surface area contributed by atoms with E-state index in [1.54, 1.807) is 6.92 Å². The van der Waals surface area contributed by atoms with Gasteiger partial charge in [-0.05, 0) is 19.8 Å². The average molecular weight is 266 g/mol.